The third kappa shape index (κ3) is 3.87. The quantitative estimate of drug-likeness (QED) is 0.729. The van der Waals surface area contributed by atoms with E-state index in [0.717, 1.165) is 10.9 Å². The van der Waals surface area contributed by atoms with Gasteiger partial charge in [0.2, 0.25) is 0 Å². The first-order valence-corrected chi connectivity index (χ1v) is 8.15. The summed E-state index contributed by atoms with van der Waals surface area (Å²) in [5.74, 6) is 0.660. The van der Waals surface area contributed by atoms with E-state index in [4.69, 9.17) is 0 Å². The van der Waals surface area contributed by atoms with Gasteiger partial charge in [-0.1, -0.05) is 17.8 Å². The van der Waals surface area contributed by atoms with E-state index in [-0.39, 0.29) is 10.8 Å². The SMILES string of the molecule is Cc1cc(=O)[nH]c([C@@H](C)Sc2nccn2Cc2ccccn2)n1. The Morgan fingerprint density at radius 2 is 2.17 bits per heavy atom. The molecule has 3 rings (SSSR count). The molecular weight excluding hydrogens is 310 g/mol. The largest absolute Gasteiger partial charge is 0.320 e. The highest BCUT2D eigenvalue weighted by atomic mass is 32.2. The normalized spacial score (nSPS) is 12.3. The number of thioether (sulfide) groups is 1. The van der Waals surface area contributed by atoms with Gasteiger partial charge in [0.25, 0.3) is 5.56 Å². The van der Waals surface area contributed by atoms with E-state index in [1.807, 2.05) is 42.8 Å². The van der Waals surface area contributed by atoms with Crippen molar-refractivity contribution < 1.29 is 0 Å². The fourth-order valence-electron chi connectivity index (χ4n) is 2.21. The molecule has 1 N–H and O–H groups in total. The van der Waals surface area contributed by atoms with E-state index < -0.39 is 0 Å². The lowest BCUT2D eigenvalue weighted by Crippen LogP contribution is -2.12. The second-order valence-electron chi connectivity index (χ2n) is 5.19. The Hall–Kier alpha value is -2.41. The Kier molecular flexibility index (Phi) is 4.57. The van der Waals surface area contributed by atoms with Crippen molar-refractivity contribution in [3.8, 4) is 0 Å². The smallest absolute Gasteiger partial charge is 0.251 e. The number of nitrogens with zero attached hydrogens (tertiary/aromatic N) is 4. The standard InChI is InChI=1S/C16H17N5OS/c1-11-9-14(22)20-15(19-11)12(2)23-16-18-7-8-21(16)10-13-5-3-4-6-17-13/h3-9,12H,10H2,1-2H3,(H,19,20,22)/t12-/m1/s1. The molecule has 3 aromatic rings. The highest BCUT2D eigenvalue weighted by Gasteiger charge is 2.14. The molecule has 0 aliphatic rings. The molecule has 0 saturated heterocycles. The summed E-state index contributed by atoms with van der Waals surface area (Å²) in [6.07, 6.45) is 5.48. The van der Waals surface area contributed by atoms with Gasteiger partial charge in [-0.2, -0.15) is 0 Å². The van der Waals surface area contributed by atoms with Gasteiger partial charge in [0.1, 0.15) is 5.82 Å². The lowest BCUT2D eigenvalue weighted by atomic mass is 10.3. The fourth-order valence-corrected chi connectivity index (χ4v) is 3.13. The highest BCUT2D eigenvalue weighted by Crippen LogP contribution is 2.31. The molecule has 0 fully saturated rings. The van der Waals surface area contributed by atoms with Gasteiger partial charge < -0.3 is 9.55 Å². The Morgan fingerprint density at radius 3 is 2.91 bits per heavy atom. The number of H-pyrrole nitrogens is 1. The molecule has 0 unspecified atom stereocenters. The maximum absolute atomic E-state index is 11.6. The molecule has 0 aromatic carbocycles. The minimum Gasteiger partial charge on any atom is -0.320 e. The molecule has 3 aromatic heterocycles. The van der Waals surface area contributed by atoms with Crippen LogP contribution in [0.3, 0.4) is 0 Å². The Bertz CT molecular complexity index is 843. The summed E-state index contributed by atoms with van der Waals surface area (Å²) in [5.41, 5.74) is 1.56. The summed E-state index contributed by atoms with van der Waals surface area (Å²) in [6.45, 7) is 4.48. The summed E-state index contributed by atoms with van der Waals surface area (Å²) >= 11 is 1.56. The van der Waals surface area contributed by atoms with Gasteiger partial charge in [0.05, 0.1) is 17.5 Å². The number of hydrogen-bond donors (Lipinski definition) is 1. The Labute approximate surface area is 138 Å². The number of hydrogen-bond acceptors (Lipinski definition) is 5. The van der Waals surface area contributed by atoms with Gasteiger partial charge in [0.15, 0.2) is 5.16 Å². The monoisotopic (exact) mass is 327 g/mol. The zero-order valence-electron chi connectivity index (χ0n) is 12.9. The van der Waals surface area contributed by atoms with Crippen LogP contribution in [0.1, 0.15) is 29.4 Å². The number of imidazole rings is 1. The summed E-state index contributed by atoms with van der Waals surface area (Å²) in [5, 5.41) is 0.861. The molecule has 7 heteroatoms. The molecule has 0 saturated carbocycles. The lowest BCUT2D eigenvalue weighted by molar-refractivity contribution is 0.691. The molecule has 0 spiro atoms. The van der Waals surface area contributed by atoms with Crippen LogP contribution in [-0.2, 0) is 6.54 Å². The molecule has 0 aliphatic carbocycles. The number of nitrogens with one attached hydrogen (secondary N) is 1. The molecule has 118 valence electrons. The molecule has 6 nitrogen and oxygen atoms in total. The van der Waals surface area contributed by atoms with Gasteiger partial charge in [-0.05, 0) is 26.0 Å². The summed E-state index contributed by atoms with van der Waals surface area (Å²) in [7, 11) is 0. The topological polar surface area (TPSA) is 76.5 Å². The van der Waals surface area contributed by atoms with E-state index in [2.05, 4.69) is 19.9 Å². The third-order valence-electron chi connectivity index (χ3n) is 3.29. The number of aromatic nitrogens is 5. The van der Waals surface area contributed by atoms with Crippen molar-refractivity contribution >= 4 is 11.8 Å². The first kappa shape index (κ1) is 15.5. The zero-order valence-corrected chi connectivity index (χ0v) is 13.7. The van der Waals surface area contributed by atoms with Crippen LogP contribution in [0.15, 0.2) is 52.8 Å². The lowest BCUT2D eigenvalue weighted by Gasteiger charge is -2.12. The van der Waals surface area contributed by atoms with Crippen molar-refractivity contribution in [2.24, 2.45) is 0 Å². The van der Waals surface area contributed by atoms with Crippen LogP contribution in [-0.4, -0.2) is 24.5 Å². The van der Waals surface area contributed by atoms with Crippen molar-refractivity contribution in [3.63, 3.8) is 0 Å². The van der Waals surface area contributed by atoms with E-state index in [0.29, 0.717) is 18.1 Å². The van der Waals surface area contributed by atoms with Crippen LogP contribution >= 0.6 is 11.8 Å². The van der Waals surface area contributed by atoms with Crippen molar-refractivity contribution in [2.45, 2.75) is 30.8 Å². The average molecular weight is 327 g/mol. The minimum atomic E-state index is -0.128. The summed E-state index contributed by atoms with van der Waals surface area (Å²) in [6, 6.07) is 7.34. The minimum absolute atomic E-state index is 0.00696. The van der Waals surface area contributed by atoms with Gasteiger partial charge in [0, 0.05) is 30.4 Å². The predicted octanol–water partition coefficient (Wildman–Crippen LogP) is 2.57. The van der Waals surface area contributed by atoms with Gasteiger partial charge in [-0.3, -0.25) is 9.78 Å². The fraction of sp³-hybridized carbons (Fsp3) is 0.250. The van der Waals surface area contributed by atoms with Crippen LogP contribution < -0.4 is 5.56 Å². The molecule has 0 amide bonds. The van der Waals surface area contributed by atoms with Gasteiger partial charge in [-0.25, -0.2) is 9.97 Å². The number of aromatic amines is 1. The van der Waals surface area contributed by atoms with Crippen LogP contribution in [0.5, 0.6) is 0 Å². The highest BCUT2D eigenvalue weighted by molar-refractivity contribution is 7.99. The zero-order chi connectivity index (χ0) is 16.2. The van der Waals surface area contributed by atoms with E-state index in [1.54, 1.807) is 24.2 Å². The van der Waals surface area contributed by atoms with Crippen LogP contribution in [0.25, 0.3) is 0 Å². The summed E-state index contributed by atoms with van der Waals surface area (Å²) < 4.78 is 2.04. The molecular formula is C16H17N5OS. The predicted molar refractivity (Wildman–Crippen MR) is 89.4 cm³/mol. The molecule has 0 radical (unpaired) electrons. The maximum atomic E-state index is 11.6. The van der Waals surface area contributed by atoms with Crippen molar-refractivity contribution in [2.75, 3.05) is 0 Å². The van der Waals surface area contributed by atoms with E-state index in [9.17, 15) is 4.79 Å². The number of aryl methyl sites for hydroxylation is 1. The number of rotatable bonds is 5. The van der Waals surface area contributed by atoms with Crippen molar-refractivity contribution in [3.05, 3.63) is 70.4 Å². The average Bonchev–Trinajstić information content (AvgIpc) is 2.94. The summed E-state index contributed by atoms with van der Waals surface area (Å²) in [4.78, 5) is 27.5. The van der Waals surface area contributed by atoms with E-state index >= 15 is 0 Å². The third-order valence-corrected chi connectivity index (χ3v) is 4.42. The Balaban J connectivity index is 1.78. The van der Waals surface area contributed by atoms with Crippen LogP contribution in [0, 0.1) is 6.92 Å². The van der Waals surface area contributed by atoms with Gasteiger partial charge in [-0.15, -0.1) is 0 Å². The van der Waals surface area contributed by atoms with E-state index in [1.165, 1.54) is 6.07 Å². The molecule has 3 heterocycles. The second kappa shape index (κ2) is 6.78. The molecule has 0 bridgehead atoms. The second-order valence-corrected chi connectivity index (χ2v) is 6.50. The number of pyridine rings is 1. The molecule has 1 atom stereocenters. The van der Waals surface area contributed by atoms with Crippen LogP contribution in [0.4, 0.5) is 0 Å². The molecule has 23 heavy (non-hydrogen) atoms. The van der Waals surface area contributed by atoms with Crippen LogP contribution in [0.2, 0.25) is 0 Å². The van der Waals surface area contributed by atoms with Gasteiger partial charge >= 0.3 is 0 Å². The first-order valence-electron chi connectivity index (χ1n) is 7.27. The maximum Gasteiger partial charge on any atom is 0.251 e. The van der Waals surface area contributed by atoms with Crippen molar-refractivity contribution in [1.82, 2.24) is 24.5 Å². The van der Waals surface area contributed by atoms with Crippen molar-refractivity contribution in [1.29, 1.82) is 0 Å². The molecule has 0 aliphatic heterocycles. The first-order chi connectivity index (χ1) is 11.1. The Morgan fingerprint density at radius 1 is 1.30 bits per heavy atom.